The zero-order valence-corrected chi connectivity index (χ0v) is 15.3. The Hall–Kier alpha value is -1.73. The molecule has 1 aliphatic carbocycles. The van der Waals surface area contributed by atoms with Crippen molar-refractivity contribution in [2.45, 2.75) is 45.3 Å². The highest BCUT2D eigenvalue weighted by atomic mass is 32.1. The molecule has 7 heteroatoms. The first-order valence-electron chi connectivity index (χ1n) is 9.15. The van der Waals surface area contributed by atoms with E-state index in [1.165, 1.54) is 10.4 Å². The van der Waals surface area contributed by atoms with Crippen LogP contribution in [0.3, 0.4) is 0 Å². The third-order valence-corrected chi connectivity index (χ3v) is 6.80. The number of rotatable bonds is 4. The van der Waals surface area contributed by atoms with Crippen molar-refractivity contribution in [3.63, 3.8) is 0 Å². The standard InChI is InChI=1S/C18H23N5OS/c1-11-4-5-25-15(11)10-22-7-12-6-16-20-21-17(18(24)19-14-2-3-14)23(16)9-13(12)8-22/h4-5,12-14H,2-3,6-10H2,1H3,(H,19,24). The maximum absolute atomic E-state index is 12.4. The number of thiophene rings is 1. The number of hydrogen-bond donors (Lipinski definition) is 1. The summed E-state index contributed by atoms with van der Waals surface area (Å²) in [4.78, 5) is 16.4. The highest BCUT2D eigenvalue weighted by Crippen LogP contribution is 2.34. The van der Waals surface area contributed by atoms with Crippen LogP contribution in [0.2, 0.25) is 0 Å². The number of carbonyl (C=O) groups excluding carboxylic acids is 1. The number of aromatic nitrogens is 3. The maximum atomic E-state index is 12.4. The Morgan fingerprint density at radius 3 is 2.88 bits per heavy atom. The van der Waals surface area contributed by atoms with Gasteiger partial charge in [-0.2, -0.15) is 0 Å². The van der Waals surface area contributed by atoms with E-state index in [1.807, 2.05) is 11.3 Å². The molecule has 6 nitrogen and oxygen atoms in total. The zero-order chi connectivity index (χ0) is 17.0. The molecule has 4 heterocycles. The third kappa shape index (κ3) is 2.89. The van der Waals surface area contributed by atoms with E-state index in [4.69, 9.17) is 0 Å². The molecule has 0 bridgehead atoms. The molecule has 1 amide bonds. The number of likely N-dealkylation sites (tertiary alicyclic amines) is 1. The van der Waals surface area contributed by atoms with Crippen LogP contribution in [-0.4, -0.2) is 44.7 Å². The molecule has 1 N–H and O–H groups in total. The van der Waals surface area contributed by atoms with Gasteiger partial charge in [0.25, 0.3) is 5.91 Å². The molecule has 2 aromatic rings. The second kappa shape index (κ2) is 5.92. The molecule has 2 unspecified atom stereocenters. The summed E-state index contributed by atoms with van der Waals surface area (Å²) in [6.45, 7) is 6.34. The normalized spacial score (nSPS) is 25.6. The van der Waals surface area contributed by atoms with Gasteiger partial charge in [0.2, 0.25) is 5.82 Å². The second-order valence-corrected chi connectivity index (χ2v) is 8.74. The van der Waals surface area contributed by atoms with Gasteiger partial charge in [-0.15, -0.1) is 21.5 Å². The van der Waals surface area contributed by atoms with Crippen molar-refractivity contribution in [1.29, 1.82) is 0 Å². The molecule has 1 saturated carbocycles. The van der Waals surface area contributed by atoms with E-state index in [-0.39, 0.29) is 5.91 Å². The van der Waals surface area contributed by atoms with E-state index in [9.17, 15) is 4.79 Å². The van der Waals surface area contributed by atoms with E-state index < -0.39 is 0 Å². The average molecular weight is 357 g/mol. The summed E-state index contributed by atoms with van der Waals surface area (Å²) < 4.78 is 2.07. The summed E-state index contributed by atoms with van der Waals surface area (Å²) in [6.07, 6.45) is 3.12. The van der Waals surface area contributed by atoms with Crippen LogP contribution in [0.15, 0.2) is 11.4 Å². The second-order valence-electron chi connectivity index (χ2n) is 7.74. The van der Waals surface area contributed by atoms with E-state index in [2.05, 4.69) is 43.4 Å². The number of fused-ring (bicyclic) bond motifs is 2. The van der Waals surface area contributed by atoms with Crippen molar-refractivity contribution in [2.24, 2.45) is 11.8 Å². The van der Waals surface area contributed by atoms with Crippen LogP contribution in [0, 0.1) is 18.8 Å². The zero-order valence-electron chi connectivity index (χ0n) is 14.4. The SMILES string of the molecule is Cc1ccsc1CN1CC2Cc3nnc(C(=O)NC4CC4)n3CC2C1. The number of amides is 1. The van der Waals surface area contributed by atoms with Crippen molar-refractivity contribution in [3.05, 3.63) is 33.5 Å². The molecule has 25 heavy (non-hydrogen) atoms. The lowest BCUT2D eigenvalue weighted by Crippen LogP contribution is -2.33. The topological polar surface area (TPSA) is 63.1 Å². The Morgan fingerprint density at radius 2 is 2.12 bits per heavy atom. The van der Waals surface area contributed by atoms with E-state index in [0.29, 0.717) is 23.7 Å². The van der Waals surface area contributed by atoms with Crippen molar-refractivity contribution >= 4 is 17.2 Å². The molecule has 2 aliphatic heterocycles. The fourth-order valence-corrected chi connectivity index (χ4v) is 5.11. The van der Waals surface area contributed by atoms with Crippen LogP contribution >= 0.6 is 11.3 Å². The molecule has 2 aromatic heterocycles. The van der Waals surface area contributed by atoms with Gasteiger partial charge in [-0.3, -0.25) is 9.69 Å². The van der Waals surface area contributed by atoms with E-state index in [0.717, 1.165) is 51.3 Å². The predicted molar refractivity (Wildman–Crippen MR) is 95.5 cm³/mol. The fraction of sp³-hybridized carbons (Fsp3) is 0.611. The lowest BCUT2D eigenvalue weighted by Gasteiger charge is -2.25. The Labute approximate surface area is 151 Å². The molecule has 1 saturated heterocycles. The molecule has 3 aliphatic rings. The van der Waals surface area contributed by atoms with Gasteiger partial charge in [0.05, 0.1) is 0 Å². The van der Waals surface area contributed by atoms with Crippen LogP contribution in [-0.2, 0) is 19.5 Å². The minimum Gasteiger partial charge on any atom is -0.347 e. The van der Waals surface area contributed by atoms with Gasteiger partial charge in [-0.05, 0) is 48.6 Å². The highest BCUT2D eigenvalue weighted by molar-refractivity contribution is 7.10. The van der Waals surface area contributed by atoms with Crippen LogP contribution in [0.1, 0.15) is 39.7 Å². The van der Waals surface area contributed by atoms with Crippen LogP contribution in [0.25, 0.3) is 0 Å². The molecule has 5 rings (SSSR count). The minimum absolute atomic E-state index is 0.0521. The maximum Gasteiger partial charge on any atom is 0.289 e. The first-order valence-corrected chi connectivity index (χ1v) is 10.0. The fourth-order valence-electron chi connectivity index (χ4n) is 4.17. The average Bonchev–Trinajstić information content (AvgIpc) is 2.99. The van der Waals surface area contributed by atoms with Gasteiger partial charge in [-0.25, -0.2) is 0 Å². The summed E-state index contributed by atoms with van der Waals surface area (Å²) in [5, 5.41) is 13.7. The van der Waals surface area contributed by atoms with Crippen LogP contribution in [0.5, 0.6) is 0 Å². The molecule has 132 valence electrons. The summed E-state index contributed by atoms with van der Waals surface area (Å²) in [7, 11) is 0. The predicted octanol–water partition coefficient (Wildman–Crippen LogP) is 1.84. The van der Waals surface area contributed by atoms with Gasteiger partial charge in [0.1, 0.15) is 5.82 Å². The van der Waals surface area contributed by atoms with Crippen molar-refractivity contribution < 1.29 is 4.79 Å². The monoisotopic (exact) mass is 357 g/mol. The summed E-state index contributed by atoms with van der Waals surface area (Å²) in [6, 6.07) is 2.56. The summed E-state index contributed by atoms with van der Waals surface area (Å²) >= 11 is 1.85. The number of hydrogen-bond acceptors (Lipinski definition) is 5. The van der Waals surface area contributed by atoms with Gasteiger partial charge >= 0.3 is 0 Å². The van der Waals surface area contributed by atoms with Crippen LogP contribution in [0.4, 0.5) is 0 Å². The van der Waals surface area contributed by atoms with Gasteiger partial charge in [-0.1, -0.05) is 0 Å². The Kier molecular flexibility index (Phi) is 3.67. The van der Waals surface area contributed by atoms with Gasteiger partial charge in [0.15, 0.2) is 0 Å². The van der Waals surface area contributed by atoms with E-state index in [1.54, 1.807) is 0 Å². The summed E-state index contributed by atoms with van der Waals surface area (Å²) in [5.74, 6) is 2.67. The lowest BCUT2D eigenvalue weighted by atomic mass is 9.89. The Balaban J connectivity index is 1.29. The van der Waals surface area contributed by atoms with Crippen molar-refractivity contribution in [1.82, 2.24) is 25.0 Å². The number of carbonyl (C=O) groups is 1. The Bertz CT molecular complexity index is 808. The van der Waals surface area contributed by atoms with E-state index >= 15 is 0 Å². The lowest BCUT2D eigenvalue weighted by molar-refractivity contribution is 0.0932. The molecular formula is C18H23N5OS. The first-order chi connectivity index (χ1) is 12.2. The van der Waals surface area contributed by atoms with Crippen molar-refractivity contribution in [3.8, 4) is 0 Å². The first kappa shape index (κ1) is 15.5. The molecule has 0 aromatic carbocycles. The van der Waals surface area contributed by atoms with Crippen molar-refractivity contribution in [2.75, 3.05) is 13.1 Å². The molecular weight excluding hydrogens is 334 g/mol. The van der Waals surface area contributed by atoms with Gasteiger partial charge < -0.3 is 9.88 Å². The Morgan fingerprint density at radius 1 is 1.28 bits per heavy atom. The molecule has 2 atom stereocenters. The third-order valence-electron chi connectivity index (χ3n) is 5.79. The molecule has 2 fully saturated rings. The largest absolute Gasteiger partial charge is 0.347 e. The minimum atomic E-state index is -0.0521. The van der Waals surface area contributed by atoms with Crippen LogP contribution < -0.4 is 5.32 Å². The van der Waals surface area contributed by atoms with Gasteiger partial charge in [0, 0.05) is 43.5 Å². The number of nitrogens with zero attached hydrogens (tertiary/aromatic N) is 4. The number of aryl methyl sites for hydroxylation is 1. The molecule has 0 spiro atoms. The highest BCUT2D eigenvalue weighted by Gasteiger charge is 2.39. The molecule has 0 radical (unpaired) electrons. The number of nitrogens with one attached hydrogen (secondary N) is 1. The summed E-state index contributed by atoms with van der Waals surface area (Å²) in [5.41, 5.74) is 1.40. The smallest absolute Gasteiger partial charge is 0.289 e. The quantitative estimate of drug-likeness (QED) is 0.907.